The first kappa shape index (κ1) is 11.5. The van der Waals surface area contributed by atoms with Crippen LogP contribution in [0.1, 0.15) is 30.5 Å². The molecule has 0 radical (unpaired) electrons. The second kappa shape index (κ2) is 4.09. The van der Waals surface area contributed by atoms with Crippen LogP contribution in [0.15, 0.2) is 24.3 Å². The molecule has 1 aromatic rings. The second-order valence-corrected chi connectivity index (χ2v) is 4.42. The van der Waals surface area contributed by atoms with E-state index in [1.807, 2.05) is 0 Å². The molecule has 88 valence electrons. The average Bonchev–Trinajstić information content (AvgIpc) is 2.64. The van der Waals surface area contributed by atoms with Gasteiger partial charge in [-0.3, -0.25) is 0 Å². The Bertz CT molecular complexity index is 356. The highest BCUT2D eigenvalue weighted by molar-refractivity contribution is 5.27. The monoisotopic (exact) mass is 229 g/mol. The molecule has 0 saturated carbocycles. The lowest BCUT2D eigenvalue weighted by molar-refractivity contribution is -0.137. The molecule has 0 aromatic heterocycles. The molecule has 0 spiro atoms. The molecule has 0 aliphatic carbocycles. The molecule has 2 rings (SSSR count). The SMILES string of the molecule is C[C@@H]1CN[C@H](c2ccc(C(F)(F)F)cc2)C1. The topological polar surface area (TPSA) is 12.0 Å². The number of benzene rings is 1. The van der Waals surface area contributed by atoms with Crippen LogP contribution in [0, 0.1) is 5.92 Å². The molecule has 0 unspecified atom stereocenters. The highest BCUT2D eigenvalue weighted by Crippen LogP contribution is 2.32. The highest BCUT2D eigenvalue weighted by atomic mass is 19.4. The molecular weight excluding hydrogens is 215 g/mol. The standard InChI is InChI=1S/C12H14F3N/c1-8-6-11(16-7-8)9-2-4-10(5-3-9)12(13,14)15/h2-5,8,11,16H,6-7H2,1H3/t8-,11-/m0/s1. The minimum Gasteiger partial charge on any atom is -0.310 e. The largest absolute Gasteiger partial charge is 0.416 e. The van der Waals surface area contributed by atoms with Crippen molar-refractivity contribution in [2.24, 2.45) is 5.92 Å². The number of alkyl halides is 3. The number of hydrogen-bond donors (Lipinski definition) is 1. The maximum atomic E-state index is 12.3. The fourth-order valence-corrected chi connectivity index (χ4v) is 2.07. The van der Waals surface area contributed by atoms with E-state index < -0.39 is 11.7 Å². The van der Waals surface area contributed by atoms with Crippen LogP contribution in [0.5, 0.6) is 0 Å². The minimum atomic E-state index is -4.24. The zero-order valence-electron chi connectivity index (χ0n) is 9.01. The van der Waals surface area contributed by atoms with E-state index in [1.165, 1.54) is 0 Å². The van der Waals surface area contributed by atoms with Crippen LogP contribution in [0.3, 0.4) is 0 Å². The van der Waals surface area contributed by atoms with Crippen molar-refractivity contribution in [3.05, 3.63) is 35.4 Å². The predicted octanol–water partition coefficient (Wildman–Crippen LogP) is 3.38. The van der Waals surface area contributed by atoms with E-state index in [2.05, 4.69) is 12.2 Å². The fraction of sp³-hybridized carbons (Fsp3) is 0.500. The molecule has 1 aromatic carbocycles. The van der Waals surface area contributed by atoms with Gasteiger partial charge < -0.3 is 5.32 Å². The summed E-state index contributed by atoms with van der Waals surface area (Å²) in [6.45, 7) is 3.07. The molecule has 1 fully saturated rings. The summed E-state index contributed by atoms with van der Waals surface area (Å²) in [5.74, 6) is 0.590. The third-order valence-electron chi connectivity index (χ3n) is 2.99. The van der Waals surface area contributed by atoms with Gasteiger partial charge in [0.1, 0.15) is 0 Å². The molecule has 1 N–H and O–H groups in total. The van der Waals surface area contributed by atoms with Gasteiger partial charge in [-0.1, -0.05) is 19.1 Å². The van der Waals surface area contributed by atoms with E-state index >= 15 is 0 Å². The van der Waals surface area contributed by atoms with E-state index in [9.17, 15) is 13.2 Å². The Morgan fingerprint density at radius 3 is 2.25 bits per heavy atom. The Morgan fingerprint density at radius 2 is 1.81 bits per heavy atom. The van der Waals surface area contributed by atoms with E-state index in [-0.39, 0.29) is 6.04 Å². The Balaban J connectivity index is 2.14. The maximum Gasteiger partial charge on any atom is 0.416 e. The van der Waals surface area contributed by atoms with Crippen molar-refractivity contribution in [2.75, 3.05) is 6.54 Å². The predicted molar refractivity (Wildman–Crippen MR) is 56.0 cm³/mol. The van der Waals surface area contributed by atoms with Crippen LogP contribution < -0.4 is 5.32 Å². The van der Waals surface area contributed by atoms with Crippen LogP contribution in [0.4, 0.5) is 13.2 Å². The normalized spacial score (nSPS) is 26.0. The van der Waals surface area contributed by atoms with Crippen molar-refractivity contribution in [1.29, 1.82) is 0 Å². The lowest BCUT2D eigenvalue weighted by Gasteiger charge is -2.12. The lowest BCUT2D eigenvalue weighted by atomic mass is 10.0. The van der Waals surface area contributed by atoms with Gasteiger partial charge >= 0.3 is 6.18 Å². The minimum absolute atomic E-state index is 0.206. The van der Waals surface area contributed by atoms with Crippen LogP contribution >= 0.6 is 0 Å². The fourth-order valence-electron chi connectivity index (χ4n) is 2.07. The second-order valence-electron chi connectivity index (χ2n) is 4.42. The smallest absolute Gasteiger partial charge is 0.310 e. The Hall–Kier alpha value is -1.03. The first-order chi connectivity index (χ1) is 7.47. The average molecular weight is 229 g/mol. The summed E-state index contributed by atoms with van der Waals surface area (Å²) < 4.78 is 37.0. The molecule has 16 heavy (non-hydrogen) atoms. The summed E-state index contributed by atoms with van der Waals surface area (Å²) in [5.41, 5.74) is 0.361. The highest BCUT2D eigenvalue weighted by Gasteiger charge is 2.30. The van der Waals surface area contributed by atoms with Gasteiger partial charge in [-0.25, -0.2) is 0 Å². The zero-order valence-corrected chi connectivity index (χ0v) is 9.01. The summed E-state index contributed by atoms with van der Waals surface area (Å²) in [5, 5.41) is 3.30. The molecule has 1 heterocycles. The van der Waals surface area contributed by atoms with Crippen molar-refractivity contribution in [3.8, 4) is 0 Å². The van der Waals surface area contributed by atoms with Crippen LogP contribution in [0.25, 0.3) is 0 Å². The number of hydrogen-bond acceptors (Lipinski definition) is 1. The van der Waals surface area contributed by atoms with Gasteiger partial charge in [-0.15, -0.1) is 0 Å². The van der Waals surface area contributed by atoms with Crippen molar-refractivity contribution in [1.82, 2.24) is 5.32 Å². The number of rotatable bonds is 1. The van der Waals surface area contributed by atoms with Crippen molar-refractivity contribution in [2.45, 2.75) is 25.6 Å². The maximum absolute atomic E-state index is 12.3. The van der Waals surface area contributed by atoms with E-state index in [4.69, 9.17) is 0 Å². The molecule has 4 heteroatoms. The van der Waals surface area contributed by atoms with E-state index in [0.29, 0.717) is 5.92 Å². The molecule has 1 nitrogen and oxygen atoms in total. The Kier molecular flexibility index (Phi) is 2.93. The van der Waals surface area contributed by atoms with E-state index in [0.717, 1.165) is 30.7 Å². The molecule has 0 bridgehead atoms. The van der Waals surface area contributed by atoms with Gasteiger partial charge in [0.25, 0.3) is 0 Å². The molecular formula is C12H14F3N. The summed E-state index contributed by atoms with van der Waals surface area (Å²) >= 11 is 0. The summed E-state index contributed by atoms with van der Waals surface area (Å²) in [6.07, 6.45) is -3.25. The van der Waals surface area contributed by atoms with Crippen molar-refractivity contribution < 1.29 is 13.2 Å². The van der Waals surface area contributed by atoms with Gasteiger partial charge in [0.15, 0.2) is 0 Å². The first-order valence-corrected chi connectivity index (χ1v) is 5.37. The first-order valence-electron chi connectivity index (χ1n) is 5.37. The Labute approximate surface area is 92.7 Å². The van der Waals surface area contributed by atoms with Crippen molar-refractivity contribution in [3.63, 3.8) is 0 Å². The van der Waals surface area contributed by atoms with Crippen molar-refractivity contribution >= 4 is 0 Å². The third kappa shape index (κ3) is 2.38. The van der Waals surface area contributed by atoms with Crippen LogP contribution in [0.2, 0.25) is 0 Å². The third-order valence-corrected chi connectivity index (χ3v) is 2.99. The quantitative estimate of drug-likeness (QED) is 0.778. The molecule has 1 aliphatic rings. The lowest BCUT2D eigenvalue weighted by Crippen LogP contribution is -2.13. The molecule has 1 saturated heterocycles. The number of nitrogens with one attached hydrogen (secondary N) is 1. The van der Waals surface area contributed by atoms with E-state index in [1.54, 1.807) is 12.1 Å². The zero-order chi connectivity index (χ0) is 11.8. The Morgan fingerprint density at radius 1 is 1.19 bits per heavy atom. The number of halogens is 3. The van der Waals surface area contributed by atoms with Gasteiger partial charge in [-0.05, 0) is 36.6 Å². The van der Waals surface area contributed by atoms with Crippen LogP contribution in [-0.4, -0.2) is 6.54 Å². The summed E-state index contributed by atoms with van der Waals surface area (Å²) in [4.78, 5) is 0. The van der Waals surface area contributed by atoms with Gasteiger partial charge in [0.05, 0.1) is 5.56 Å². The van der Waals surface area contributed by atoms with Gasteiger partial charge in [-0.2, -0.15) is 13.2 Å². The molecule has 1 aliphatic heterocycles. The van der Waals surface area contributed by atoms with Gasteiger partial charge in [0.2, 0.25) is 0 Å². The summed E-state index contributed by atoms with van der Waals surface area (Å²) in [7, 11) is 0. The van der Waals surface area contributed by atoms with Gasteiger partial charge in [0, 0.05) is 6.04 Å². The summed E-state index contributed by atoms with van der Waals surface area (Å²) in [6, 6.07) is 5.65. The van der Waals surface area contributed by atoms with Crippen LogP contribution in [-0.2, 0) is 6.18 Å². The molecule has 0 amide bonds. The molecule has 2 atom stereocenters.